The smallest absolute Gasteiger partial charge is 0.156 e. The number of aliphatic hydroxyl groups is 2. The molecule has 2 rings (SSSR count). The van der Waals surface area contributed by atoms with E-state index in [-0.39, 0.29) is 13.2 Å². The molecule has 2 unspecified atom stereocenters. The summed E-state index contributed by atoms with van der Waals surface area (Å²) >= 11 is 25.5. The molecule has 2 atom stereocenters. The number of hydrogen-bond donors (Lipinski definition) is 2. The Morgan fingerprint density at radius 3 is 1.24 bits per heavy atom. The second kappa shape index (κ2) is 9.95. The first-order valence-electron chi connectivity index (χ1n) is 9.04. The first-order valence-corrected chi connectivity index (χ1v) is 10.6. The van der Waals surface area contributed by atoms with Crippen molar-refractivity contribution < 1.29 is 19.7 Å². The van der Waals surface area contributed by atoms with Crippen LogP contribution in [0.4, 0.5) is 0 Å². The van der Waals surface area contributed by atoms with E-state index in [1.807, 2.05) is 13.8 Å². The van der Waals surface area contributed by atoms with Gasteiger partial charge in [-0.05, 0) is 49.2 Å². The number of ether oxygens (including phenoxy) is 2. The SMILES string of the molecule is CC(O)COc1c(Cl)cc(C(C)(C)c2cc(Cl)c(OCC(C)O)c(Cl)c2)cc1Cl. The number of hydrogen-bond acceptors (Lipinski definition) is 4. The third kappa shape index (κ3) is 6.06. The van der Waals surface area contributed by atoms with E-state index in [0.717, 1.165) is 11.1 Å². The van der Waals surface area contributed by atoms with E-state index in [0.29, 0.717) is 31.6 Å². The number of aliphatic hydroxyl groups excluding tert-OH is 2. The van der Waals surface area contributed by atoms with Gasteiger partial charge < -0.3 is 19.7 Å². The van der Waals surface area contributed by atoms with Crippen LogP contribution < -0.4 is 9.47 Å². The van der Waals surface area contributed by atoms with Gasteiger partial charge in [-0.3, -0.25) is 0 Å². The molecule has 0 bridgehead atoms. The van der Waals surface area contributed by atoms with Crippen molar-refractivity contribution in [1.29, 1.82) is 0 Å². The Hall–Kier alpha value is -0.880. The molecule has 0 spiro atoms. The van der Waals surface area contributed by atoms with Crippen LogP contribution in [0.1, 0.15) is 38.8 Å². The Morgan fingerprint density at radius 1 is 0.724 bits per heavy atom. The van der Waals surface area contributed by atoms with Gasteiger partial charge in [0.05, 0.1) is 32.3 Å². The molecule has 8 heteroatoms. The van der Waals surface area contributed by atoms with Crippen molar-refractivity contribution >= 4 is 46.4 Å². The Balaban J connectivity index is 2.39. The molecule has 0 aliphatic carbocycles. The highest BCUT2D eigenvalue weighted by Crippen LogP contribution is 2.43. The van der Waals surface area contributed by atoms with Gasteiger partial charge in [0, 0.05) is 5.41 Å². The van der Waals surface area contributed by atoms with E-state index in [1.165, 1.54) is 0 Å². The summed E-state index contributed by atoms with van der Waals surface area (Å²) in [6.45, 7) is 7.37. The summed E-state index contributed by atoms with van der Waals surface area (Å²) in [4.78, 5) is 0. The lowest BCUT2D eigenvalue weighted by Crippen LogP contribution is -2.20. The first-order chi connectivity index (χ1) is 13.4. The van der Waals surface area contributed by atoms with Gasteiger partial charge in [0.15, 0.2) is 11.5 Å². The third-order valence-electron chi connectivity index (χ3n) is 4.38. The van der Waals surface area contributed by atoms with Crippen molar-refractivity contribution in [3.8, 4) is 11.5 Å². The molecule has 4 nitrogen and oxygen atoms in total. The highest BCUT2D eigenvalue weighted by Gasteiger charge is 2.28. The molecule has 2 aromatic rings. The molecule has 2 N–H and O–H groups in total. The van der Waals surface area contributed by atoms with Crippen molar-refractivity contribution in [2.75, 3.05) is 13.2 Å². The maximum Gasteiger partial charge on any atom is 0.156 e. The Kier molecular flexibility index (Phi) is 8.37. The zero-order valence-corrected chi connectivity index (χ0v) is 19.6. The van der Waals surface area contributed by atoms with E-state index in [2.05, 4.69) is 0 Å². The predicted octanol–water partition coefficient (Wildman–Crippen LogP) is 6.15. The fraction of sp³-hybridized carbons (Fsp3) is 0.429. The van der Waals surface area contributed by atoms with Gasteiger partial charge in [-0.2, -0.15) is 0 Å². The maximum absolute atomic E-state index is 9.41. The fourth-order valence-corrected chi connectivity index (χ4v) is 3.88. The second-order valence-corrected chi connectivity index (χ2v) is 9.11. The summed E-state index contributed by atoms with van der Waals surface area (Å²) in [5.41, 5.74) is 1.13. The number of rotatable bonds is 8. The normalized spacial score (nSPS) is 13.9. The fourth-order valence-electron chi connectivity index (χ4n) is 2.69. The van der Waals surface area contributed by atoms with Gasteiger partial charge in [0.1, 0.15) is 13.2 Å². The van der Waals surface area contributed by atoms with Gasteiger partial charge >= 0.3 is 0 Å². The van der Waals surface area contributed by atoms with Crippen LogP contribution in [0.15, 0.2) is 24.3 Å². The van der Waals surface area contributed by atoms with Crippen molar-refractivity contribution in [2.45, 2.75) is 45.3 Å². The van der Waals surface area contributed by atoms with Crippen LogP contribution in [0.25, 0.3) is 0 Å². The molecule has 2 aromatic carbocycles. The number of halogens is 4. The van der Waals surface area contributed by atoms with Crippen LogP contribution in [0, 0.1) is 0 Å². The Morgan fingerprint density at radius 2 is 1.00 bits per heavy atom. The maximum atomic E-state index is 9.41. The summed E-state index contributed by atoms with van der Waals surface area (Å²) in [5.74, 6) is 0.651. The van der Waals surface area contributed by atoms with Crippen LogP contribution in [0.3, 0.4) is 0 Å². The van der Waals surface area contributed by atoms with Crippen LogP contribution in [-0.2, 0) is 5.41 Å². The van der Waals surface area contributed by atoms with Crippen molar-refractivity contribution in [3.05, 3.63) is 55.5 Å². The lowest BCUT2D eigenvalue weighted by Gasteiger charge is -2.28. The summed E-state index contributed by atoms with van der Waals surface area (Å²) in [7, 11) is 0. The zero-order valence-electron chi connectivity index (χ0n) is 16.6. The van der Waals surface area contributed by atoms with Gasteiger partial charge in [0.25, 0.3) is 0 Å². The molecule has 160 valence electrons. The summed E-state index contributed by atoms with van der Waals surface area (Å²) in [6.07, 6.45) is -1.28. The van der Waals surface area contributed by atoms with Gasteiger partial charge in [0.2, 0.25) is 0 Å². The average molecular weight is 482 g/mol. The molecular formula is C21H24Cl4O4. The number of benzene rings is 2. The Labute approximate surface area is 191 Å². The highest BCUT2D eigenvalue weighted by atomic mass is 35.5. The Bertz CT molecular complexity index is 750. The van der Waals surface area contributed by atoms with E-state index in [9.17, 15) is 10.2 Å². The van der Waals surface area contributed by atoms with E-state index in [4.69, 9.17) is 55.9 Å². The largest absolute Gasteiger partial charge is 0.488 e. The highest BCUT2D eigenvalue weighted by molar-refractivity contribution is 6.38. The molecule has 0 heterocycles. The molecule has 0 aliphatic rings. The topological polar surface area (TPSA) is 58.9 Å². The van der Waals surface area contributed by atoms with Crippen molar-refractivity contribution in [3.63, 3.8) is 0 Å². The molecule has 0 saturated carbocycles. The van der Waals surface area contributed by atoms with E-state index < -0.39 is 17.6 Å². The van der Waals surface area contributed by atoms with E-state index >= 15 is 0 Å². The monoisotopic (exact) mass is 480 g/mol. The minimum absolute atomic E-state index is 0.0846. The predicted molar refractivity (Wildman–Crippen MR) is 119 cm³/mol. The standard InChI is InChI=1S/C21H24Cl4O4/c1-11(26)9-28-19-15(22)5-13(6-16(19)23)21(3,4)14-7-17(24)20(18(25)8-14)29-10-12(2)27/h5-8,11-12,26-27H,9-10H2,1-4H3. The lowest BCUT2D eigenvalue weighted by atomic mass is 9.78. The zero-order chi connectivity index (χ0) is 21.9. The van der Waals surface area contributed by atoms with Crippen molar-refractivity contribution in [1.82, 2.24) is 0 Å². The lowest BCUT2D eigenvalue weighted by molar-refractivity contribution is 0.123. The van der Waals surface area contributed by atoms with Crippen LogP contribution in [-0.4, -0.2) is 35.6 Å². The molecule has 0 aliphatic heterocycles. The molecule has 0 aromatic heterocycles. The van der Waals surface area contributed by atoms with Gasteiger partial charge in [-0.1, -0.05) is 60.3 Å². The average Bonchev–Trinajstić information content (AvgIpc) is 2.59. The van der Waals surface area contributed by atoms with Crippen LogP contribution >= 0.6 is 46.4 Å². The minimum Gasteiger partial charge on any atom is -0.488 e. The summed E-state index contributed by atoms with van der Waals surface area (Å²) < 4.78 is 11.0. The molecular weight excluding hydrogens is 458 g/mol. The quantitative estimate of drug-likeness (QED) is 0.475. The molecule has 29 heavy (non-hydrogen) atoms. The molecule has 0 fully saturated rings. The second-order valence-electron chi connectivity index (χ2n) is 7.48. The van der Waals surface area contributed by atoms with Crippen LogP contribution in [0.5, 0.6) is 11.5 Å². The van der Waals surface area contributed by atoms with E-state index in [1.54, 1.807) is 38.1 Å². The first kappa shape index (κ1) is 24.4. The molecule has 0 radical (unpaired) electrons. The van der Waals surface area contributed by atoms with Gasteiger partial charge in [-0.15, -0.1) is 0 Å². The van der Waals surface area contributed by atoms with Crippen molar-refractivity contribution in [2.24, 2.45) is 0 Å². The van der Waals surface area contributed by atoms with Crippen LogP contribution in [0.2, 0.25) is 20.1 Å². The summed E-state index contributed by atoms with van der Waals surface area (Å²) in [5, 5.41) is 20.2. The van der Waals surface area contributed by atoms with Gasteiger partial charge in [-0.25, -0.2) is 0 Å². The summed E-state index contributed by atoms with van der Waals surface area (Å²) in [6, 6.07) is 7.07. The minimum atomic E-state index is -0.642. The third-order valence-corrected chi connectivity index (χ3v) is 5.50. The molecule has 0 amide bonds. The molecule has 0 saturated heterocycles.